The first-order valence-electron chi connectivity index (χ1n) is 9.94. The number of rotatable bonds is 18. The molecule has 4 N–H and O–H groups in total. The van der Waals surface area contributed by atoms with E-state index in [0.717, 1.165) is 57.8 Å². The fraction of sp³-hybridized carbons (Fsp3) is 1.00. The van der Waals surface area contributed by atoms with Crippen molar-refractivity contribution < 1.29 is 32.5 Å². The minimum absolute atomic E-state index is 0.198. The fourth-order valence-corrected chi connectivity index (χ4v) is 3.52. The summed E-state index contributed by atoms with van der Waals surface area (Å²) < 4.78 is 35.5. The zero-order valence-electron chi connectivity index (χ0n) is 16.1. The number of aliphatic hydroxyl groups excluding tert-OH is 3. The van der Waals surface area contributed by atoms with Gasteiger partial charge in [-0.2, -0.15) is 8.42 Å². The van der Waals surface area contributed by atoms with Gasteiger partial charge in [-0.25, -0.2) is 4.18 Å². The molecule has 0 amide bonds. The first kappa shape index (κ1) is 25.8. The Balaban J connectivity index is 4.29. The molecule has 0 heterocycles. The molecule has 158 valence electrons. The van der Waals surface area contributed by atoms with Crippen molar-refractivity contribution in [2.24, 2.45) is 0 Å². The van der Waals surface area contributed by atoms with Gasteiger partial charge in [-0.3, -0.25) is 4.55 Å². The van der Waals surface area contributed by atoms with E-state index >= 15 is 0 Å². The summed E-state index contributed by atoms with van der Waals surface area (Å²) in [6, 6.07) is 0. The number of aliphatic hydroxyl groups is 3. The number of hydrogen-bond acceptors (Lipinski definition) is 6. The topological polar surface area (TPSA) is 124 Å². The van der Waals surface area contributed by atoms with E-state index in [4.69, 9.17) is 9.66 Å². The van der Waals surface area contributed by atoms with Gasteiger partial charge < -0.3 is 15.3 Å². The maximum absolute atomic E-state index is 11.0. The molecule has 3 unspecified atom stereocenters. The molecule has 0 aromatic heterocycles. The van der Waals surface area contributed by atoms with E-state index in [2.05, 4.69) is 11.1 Å². The first-order chi connectivity index (χ1) is 12.3. The van der Waals surface area contributed by atoms with Crippen LogP contribution in [0.1, 0.15) is 90.4 Å². The monoisotopic (exact) mass is 398 g/mol. The Morgan fingerprint density at radius 1 is 0.769 bits per heavy atom. The van der Waals surface area contributed by atoms with Crippen LogP contribution in [0.4, 0.5) is 0 Å². The lowest BCUT2D eigenvalue weighted by Gasteiger charge is -2.26. The molecule has 26 heavy (non-hydrogen) atoms. The van der Waals surface area contributed by atoms with Gasteiger partial charge in [0.1, 0.15) is 6.10 Å². The Labute approximate surface area is 158 Å². The van der Waals surface area contributed by atoms with Crippen LogP contribution in [-0.2, 0) is 14.6 Å². The Morgan fingerprint density at radius 2 is 1.19 bits per heavy atom. The second-order valence-corrected chi connectivity index (χ2v) is 8.01. The summed E-state index contributed by atoms with van der Waals surface area (Å²) in [4.78, 5) is 0. The van der Waals surface area contributed by atoms with Gasteiger partial charge in [0, 0.05) is 6.61 Å². The molecule has 0 saturated heterocycles. The van der Waals surface area contributed by atoms with Crippen molar-refractivity contribution in [2.75, 3.05) is 6.61 Å². The molecular weight excluding hydrogens is 360 g/mol. The predicted molar refractivity (Wildman–Crippen MR) is 101 cm³/mol. The van der Waals surface area contributed by atoms with E-state index in [9.17, 15) is 18.6 Å². The summed E-state index contributed by atoms with van der Waals surface area (Å²) in [5, 5.41) is 29.2. The molecule has 0 fully saturated rings. The third kappa shape index (κ3) is 14.9. The van der Waals surface area contributed by atoms with Crippen LogP contribution in [-0.4, -0.2) is 53.2 Å². The lowest BCUT2D eigenvalue weighted by molar-refractivity contribution is -0.0523. The summed E-state index contributed by atoms with van der Waals surface area (Å²) in [6.45, 7) is 2.30. The minimum atomic E-state index is -4.74. The Morgan fingerprint density at radius 3 is 1.62 bits per heavy atom. The van der Waals surface area contributed by atoms with E-state index in [1.165, 1.54) is 0 Å². The number of unbranched alkanes of at least 4 members (excludes halogenated alkanes) is 9. The molecule has 0 aliphatic carbocycles. The highest BCUT2D eigenvalue weighted by atomic mass is 32.3. The van der Waals surface area contributed by atoms with Crippen LogP contribution in [0.3, 0.4) is 0 Å². The van der Waals surface area contributed by atoms with E-state index < -0.39 is 28.7 Å². The van der Waals surface area contributed by atoms with E-state index in [1.54, 1.807) is 0 Å². The summed E-state index contributed by atoms with van der Waals surface area (Å²) >= 11 is 0. The quantitative estimate of drug-likeness (QED) is 0.207. The molecule has 0 aliphatic heterocycles. The number of hydrogen-bond donors (Lipinski definition) is 4. The minimum Gasteiger partial charge on any atom is -0.396 e. The average molecular weight is 399 g/mol. The lowest BCUT2D eigenvalue weighted by Crippen LogP contribution is -2.41. The van der Waals surface area contributed by atoms with Crippen LogP contribution in [0, 0.1) is 0 Å². The van der Waals surface area contributed by atoms with Crippen molar-refractivity contribution in [2.45, 2.75) is 109 Å². The summed E-state index contributed by atoms with van der Waals surface area (Å²) in [7, 11) is -4.74. The molecule has 0 aromatic rings. The van der Waals surface area contributed by atoms with Gasteiger partial charge in [0.2, 0.25) is 0 Å². The second-order valence-electron chi connectivity index (χ2n) is 6.96. The standard InChI is InChI=1S/C18H38O7S/c1-2-3-4-7-10-13-16(20)18(25-26(22,23)24)17(21)14-11-8-5-6-9-12-15-19/h16-21H,2-15H2,1H3,(H,22,23,24). The molecule has 8 heteroatoms. The fourth-order valence-electron chi connectivity index (χ4n) is 2.98. The molecule has 0 rings (SSSR count). The van der Waals surface area contributed by atoms with Crippen LogP contribution >= 0.6 is 0 Å². The van der Waals surface area contributed by atoms with Crippen LogP contribution in [0.5, 0.6) is 0 Å². The molecule has 0 radical (unpaired) electrons. The average Bonchev–Trinajstić information content (AvgIpc) is 2.57. The van der Waals surface area contributed by atoms with Gasteiger partial charge in [0.05, 0.1) is 12.2 Å². The molecule has 0 saturated carbocycles. The zero-order chi connectivity index (χ0) is 19.8. The largest absolute Gasteiger partial charge is 0.397 e. The van der Waals surface area contributed by atoms with Crippen molar-refractivity contribution in [1.29, 1.82) is 0 Å². The van der Waals surface area contributed by atoms with Gasteiger partial charge in [-0.05, 0) is 19.3 Å². The summed E-state index contributed by atoms with van der Waals surface area (Å²) in [6.07, 6.45) is 7.16. The third-order valence-corrected chi connectivity index (χ3v) is 4.97. The zero-order valence-corrected chi connectivity index (χ0v) is 16.9. The summed E-state index contributed by atoms with van der Waals surface area (Å²) in [5.74, 6) is 0. The first-order valence-corrected chi connectivity index (χ1v) is 11.3. The van der Waals surface area contributed by atoms with E-state index in [0.29, 0.717) is 25.7 Å². The van der Waals surface area contributed by atoms with Crippen molar-refractivity contribution >= 4 is 10.4 Å². The van der Waals surface area contributed by atoms with Gasteiger partial charge >= 0.3 is 10.4 Å². The van der Waals surface area contributed by atoms with Gasteiger partial charge in [-0.1, -0.05) is 71.1 Å². The van der Waals surface area contributed by atoms with Crippen molar-refractivity contribution in [3.8, 4) is 0 Å². The van der Waals surface area contributed by atoms with E-state index in [-0.39, 0.29) is 6.61 Å². The van der Waals surface area contributed by atoms with Gasteiger partial charge in [0.15, 0.2) is 0 Å². The van der Waals surface area contributed by atoms with E-state index in [1.807, 2.05) is 0 Å². The smallest absolute Gasteiger partial charge is 0.396 e. The molecule has 0 aliphatic rings. The Hall–Kier alpha value is -0.250. The molecule has 3 atom stereocenters. The lowest BCUT2D eigenvalue weighted by atomic mass is 9.97. The van der Waals surface area contributed by atoms with Gasteiger partial charge in [0.25, 0.3) is 0 Å². The molecule has 0 aromatic carbocycles. The molecule has 0 bridgehead atoms. The Bertz CT molecular complexity index is 414. The van der Waals surface area contributed by atoms with Crippen LogP contribution in [0.2, 0.25) is 0 Å². The molecular formula is C18H38O7S. The Kier molecular flexibility index (Phi) is 15.6. The second kappa shape index (κ2) is 15.8. The van der Waals surface area contributed by atoms with Crippen molar-refractivity contribution in [3.63, 3.8) is 0 Å². The third-order valence-electron chi connectivity index (χ3n) is 4.50. The maximum atomic E-state index is 11.0. The van der Waals surface area contributed by atoms with Crippen molar-refractivity contribution in [3.05, 3.63) is 0 Å². The molecule has 7 nitrogen and oxygen atoms in total. The summed E-state index contributed by atoms with van der Waals surface area (Å²) in [5.41, 5.74) is 0. The van der Waals surface area contributed by atoms with Crippen LogP contribution in [0.15, 0.2) is 0 Å². The van der Waals surface area contributed by atoms with Crippen LogP contribution < -0.4 is 0 Å². The van der Waals surface area contributed by atoms with Crippen molar-refractivity contribution in [1.82, 2.24) is 0 Å². The molecule has 0 spiro atoms. The van der Waals surface area contributed by atoms with Crippen LogP contribution in [0.25, 0.3) is 0 Å². The highest BCUT2D eigenvalue weighted by Crippen LogP contribution is 2.19. The van der Waals surface area contributed by atoms with Gasteiger partial charge in [-0.15, -0.1) is 0 Å². The SMILES string of the molecule is CCCCCCCC(O)C(OS(=O)(=O)O)C(O)CCCCCCCCO. The highest BCUT2D eigenvalue weighted by Gasteiger charge is 2.31. The highest BCUT2D eigenvalue weighted by molar-refractivity contribution is 7.80. The maximum Gasteiger partial charge on any atom is 0.397 e. The predicted octanol–water partition coefficient (Wildman–Crippen LogP) is 2.98. The normalized spacial score (nSPS) is 15.7.